The predicted octanol–water partition coefficient (Wildman–Crippen LogP) is 4.50. The second-order valence-corrected chi connectivity index (χ2v) is 9.86. The number of anilines is 1. The number of rotatable bonds is 6. The minimum Gasteiger partial charge on any atom is -0.316 e. The lowest BCUT2D eigenvalue weighted by atomic mass is 10.1. The van der Waals surface area contributed by atoms with E-state index in [9.17, 15) is 13.2 Å². The Morgan fingerprint density at radius 2 is 1.48 bits per heavy atom. The number of benzene rings is 3. The van der Waals surface area contributed by atoms with E-state index in [0.29, 0.717) is 25.5 Å². The predicted molar refractivity (Wildman–Crippen MR) is 131 cm³/mol. The van der Waals surface area contributed by atoms with Gasteiger partial charge in [-0.2, -0.15) is 8.42 Å². The van der Waals surface area contributed by atoms with Crippen LogP contribution in [0.1, 0.15) is 29.2 Å². The standard InChI is InChI=1S/C26H27N3O3S/c1-20-8-12-23(13-9-20)29-19-28(25(18-30)22-6-4-3-5-7-22)17-16-26(29)27-33(31,32)24-14-10-21(2)11-15-24/h3-15,18,25H,16-17,19H2,1-2H3. The minimum atomic E-state index is -3.86. The van der Waals surface area contributed by atoms with E-state index in [1.54, 1.807) is 24.3 Å². The largest absolute Gasteiger partial charge is 0.316 e. The molecule has 1 unspecified atom stereocenters. The van der Waals surface area contributed by atoms with Crippen LogP contribution in [0.25, 0.3) is 0 Å². The summed E-state index contributed by atoms with van der Waals surface area (Å²) in [4.78, 5) is 16.1. The molecule has 0 bridgehead atoms. The zero-order chi connectivity index (χ0) is 23.4. The van der Waals surface area contributed by atoms with Crippen molar-refractivity contribution in [2.45, 2.75) is 31.2 Å². The number of aldehydes is 1. The van der Waals surface area contributed by atoms with Crippen molar-refractivity contribution >= 4 is 27.8 Å². The lowest BCUT2D eigenvalue weighted by Crippen LogP contribution is -2.50. The molecule has 1 aliphatic rings. The number of sulfonamides is 1. The molecule has 1 fully saturated rings. The summed E-state index contributed by atoms with van der Waals surface area (Å²) in [5.41, 5.74) is 3.83. The number of hydrogen-bond acceptors (Lipinski definition) is 4. The molecule has 0 aromatic heterocycles. The molecule has 170 valence electrons. The van der Waals surface area contributed by atoms with E-state index in [1.165, 1.54) is 0 Å². The number of carbonyl (C=O) groups excluding carboxylic acids is 1. The van der Waals surface area contributed by atoms with Crippen molar-refractivity contribution in [3.63, 3.8) is 0 Å². The molecule has 4 rings (SSSR count). The molecule has 33 heavy (non-hydrogen) atoms. The molecule has 1 heterocycles. The van der Waals surface area contributed by atoms with Gasteiger partial charge in [0, 0.05) is 18.7 Å². The van der Waals surface area contributed by atoms with Gasteiger partial charge >= 0.3 is 0 Å². The maximum absolute atomic E-state index is 13.1. The Hall–Kier alpha value is -3.29. The highest BCUT2D eigenvalue weighted by Gasteiger charge is 2.30. The highest BCUT2D eigenvalue weighted by atomic mass is 32.2. The summed E-state index contributed by atoms with van der Waals surface area (Å²) >= 11 is 0. The van der Waals surface area contributed by atoms with Gasteiger partial charge in [0.05, 0.1) is 17.6 Å². The third kappa shape index (κ3) is 5.21. The molecule has 1 aliphatic heterocycles. The van der Waals surface area contributed by atoms with Crippen LogP contribution in [-0.2, 0) is 14.8 Å². The molecule has 1 saturated heterocycles. The monoisotopic (exact) mass is 461 g/mol. The first kappa shape index (κ1) is 22.9. The fraction of sp³-hybridized carbons (Fsp3) is 0.231. The smallest absolute Gasteiger partial charge is 0.283 e. The third-order valence-corrected chi connectivity index (χ3v) is 7.13. The van der Waals surface area contributed by atoms with Gasteiger partial charge in [-0.05, 0) is 43.7 Å². The summed E-state index contributed by atoms with van der Waals surface area (Å²) in [6, 6.07) is 23.7. The van der Waals surface area contributed by atoms with Crippen LogP contribution in [-0.4, -0.2) is 38.7 Å². The highest BCUT2D eigenvalue weighted by molar-refractivity contribution is 7.90. The zero-order valence-electron chi connectivity index (χ0n) is 18.8. The fourth-order valence-corrected chi connectivity index (χ4v) is 4.97. The van der Waals surface area contributed by atoms with E-state index in [4.69, 9.17) is 0 Å². The summed E-state index contributed by atoms with van der Waals surface area (Å²) in [6.45, 7) is 4.78. The minimum absolute atomic E-state index is 0.168. The summed E-state index contributed by atoms with van der Waals surface area (Å²) < 4.78 is 30.3. The van der Waals surface area contributed by atoms with Gasteiger partial charge in [-0.3, -0.25) is 4.90 Å². The number of aryl methyl sites for hydroxylation is 2. The molecule has 0 amide bonds. The van der Waals surface area contributed by atoms with E-state index in [0.717, 1.165) is 28.7 Å². The van der Waals surface area contributed by atoms with E-state index >= 15 is 0 Å². The van der Waals surface area contributed by atoms with Gasteiger partial charge in [0.2, 0.25) is 0 Å². The molecule has 0 N–H and O–H groups in total. The molecule has 1 atom stereocenters. The second-order valence-electron chi connectivity index (χ2n) is 8.25. The SMILES string of the molecule is Cc1ccc(N2CN(C(C=O)c3ccccc3)CCC2=NS(=O)(=O)c2ccc(C)cc2)cc1. The number of nitrogens with zero attached hydrogens (tertiary/aromatic N) is 3. The maximum atomic E-state index is 13.1. The third-order valence-electron chi connectivity index (χ3n) is 5.81. The maximum Gasteiger partial charge on any atom is 0.283 e. The second kappa shape index (κ2) is 9.68. The molecule has 0 aliphatic carbocycles. The molecular formula is C26H27N3O3S. The van der Waals surface area contributed by atoms with Gasteiger partial charge < -0.3 is 9.69 Å². The summed E-state index contributed by atoms with van der Waals surface area (Å²) in [5.74, 6) is 0.466. The fourth-order valence-electron chi connectivity index (χ4n) is 3.92. The van der Waals surface area contributed by atoms with Crippen LogP contribution in [0.2, 0.25) is 0 Å². The molecule has 0 saturated carbocycles. The zero-order valence-corrected chi connectivity index (χ0v) is 19.6. The molecule has 3 aromatic carbocycles. The van der Waals surface area contributed by atoms with Crippen molar-refractivity contribution < 1.29 is 13.2 Å². The quantitative estimate of drug-likeness (QED) is 0.506. The first-order valence-electron chi connectivity index (χ1n) is 10.9. The summed E-state index contributed by atoms with van der Waals surface area (Å²) in [5, 5.41) is 0. The lowest BCUT2D eigenvalue weighted by Gasteiger charge is -2.40. The molecule has 3 aromatic rings. The number of carbonyl (C=O) groups is 1. The van der Waals surface area contributed by atoms with Crippen LogP contribution in [0.5, 0.6) is 0 Å². The first-order chi connectivity index (χ1) is 15.9. The van der Waals surface area contributed by atoms with Crippen molar-refractivity contribution in [2.24, 2.45) is 4.40 Å². The number of amidine groups is 1. The Morgan fingerprint density at radius 3 is 2.09 bits per heavy atom. The Bertz CT molecular complexity index is 1240. The van der Waals surface area contributed by atoms with Gasteiger partial charge in [0.25, 0.3) is 10.0 Å². The van der Waals surface area contributed by atoms with E-state index < -0.39 is 16.1 Å². The Kier molecular flexibility index (Phi) is 6.72. The Labute approximate surface area is 195 Å². The average Bonchev–Trinajstić information content (AvgIpc) is 2.82. The normalized spacial score (nSPS) is 17.2. The lowest BCUT2D eigenvalue weighted by molar-refractivity contribution is -0.112. The van der Waals surface area contributed by atoms with Crippen LogP contribution in [0.15, 0.2) is 88.2 Å². The van der Waals surface area contributed by atoms with Gasteiger partial charge in [-0.15, -0.1) is 4.40 Å². The Balaban J connectivity index is 1.70. The molecule has 7 heteroatoms. The molecular weight excluding hydrogens is 434 g/mol. The van der Waals surface area contributed by atoms with Crippen molar-refractivity contribution in [1.29, 1.82) is 0 Å². The topological polar surface area (TPSA) is 70.0 Å². The van der Waals surface area contributed by atoms with Crippen molar-refractivity contribution in [3.8, 4) is 0 Å². The van der Waals surface area contributed by atoms with Crippen LogP contribution in [0, 0.1) is 13.8 Å². The van der Waals surface area contributed by atoms with Gasteiger partial charge in [-0.1, -0.05) is 65.7 Å². The summed E-state index contributed by atoms with van der Waals surface area (Å²) in [7, 11) is -3.86. The van der Waals surface area contributed by atoms with E-state index in [2.05, 4.69) is 4.40 Å². The van der Waals surface area contributed by atoms with E-state index in [1.807, 2.05) is 78.2 Å². The first-order valence-corrected chi connectivity index (χ1v) is 12.3. The molecule has 0 spiro atoms. The van der Waals surface area contributed by atoms with E-state index in [-0.39, 0.29) is 4.90 Å². The van der Waals surface area contributed by atoms with Crippen LogP contribution in [0.3, 0.4) is 0 Å². The van der Waals surface area contributed by atoms with Gasteiger partial charge in [0.15, 0.2) is 0 Å². The van der Waals surface area contributed by atoms with Crippen molar-refractivity contribution in [3.05, 3.63) is 95.6 Å². The van der Waals surface area contributed by atoms with Crippen molar-refractivity contribution in [1.82, 2.24) is 4.90 Å². The van der Waals surface area contributed by atoms with Gasteiger partial charge in [0.1, 0.15) is 12.1 Å². The molecule has 6 nitrogen and oxygen atoms in total. The van der Waals surface area contributed by atoms with Crippen LogP contribution in [0.4, 0.5) is 5.69 Å². The van der Waals surface area contributed by atoms with Gasteiger partial charge in [-0.25, -0.2) is 0 Å². The Morgan fingerprint density at radius 1 is 0.879 bits per heavy atom. The molecule has 0 radical (unpaired) electrons. The highest BCUT2D eigenvalue weighted by Crippen LogP contribution is 2.27. The van der Waals surface area contributed by atoms with Crippen LogP contribution < -0.4 is 4.90 Å². The number of hydrogen-bond donors (Lipinski definition) is 0. The van der Waals surface area contributed by atoms with Crippen molar-refractivity contribution in [2.75, 3.05) is 18.1 Å². The summed E-state index contributed by atoms with van der Waals surface area (Å²) in [6.07, 6.45) is 1.34. The van der Waals surface area contributed by atoms with Crippen LogP contribution >= 0.6 is 0 Å². The average molecular weight is 462 g/mol.